The van der Waals surface area contributed by atoms with Crippen LogP contribution in [-0.2, 0) is 22.4 Å². The highest BCUT2D eigenvalue weighted by molar-refractivity contribution is 5.80. The number of benzene rings is 1. The van der Waals surface area contributed by atoms with Gasteiger partial charge >= 0.3 is 5.97 Å². The van der Waals surface area contributed by atoms with Gasteiger partial charge in [0.25, 0.3) is 0 Å². The third-order valence-corrected chi connectivity index (χ3v) is 2.60. The molecule has 1 aromatic carbocycles. The maximum Gasteiger partial charge on any atom is 0.310 e. The van der Waals surface area contributed by atoms with Crippen LogP contribution in [0, 0.1) is 11.3 Å². The van der Waals surface area contributed by atoms with E-state index in [1.807, 2.05) is 6.92 Å². The molecule has 0 spiro atoms. The molecule has 94 valence electrons. The van der Waals surface area contributed by atoms with Crippen molar-refractivity contribution in [2.24, 2.45) is 0 Å². The SMILES string of the molecule is CCOC(=O)Cc1cc(C#N)c(CC)c(C=O)c1. The van der Waals surface area contributed by atoms with Crippen LogP contribution in [0.2, 0.25) is 0 Å². The maximum absolute atomic E-state index is 11.4. The average Bonchev–Trinajstić information content (AvgIpc) is 2.37. The van der Waals surface area contributed by atoms with Crippen molar-refractivity contribution in [1.82, 2.24) is 0 Å². The Balaban J connectivity index is 3.12. The van der Waals surface area contributed by atoms with Crippen molar-refractivity contribution in [2.75, 3.05) is 6.61 Å². The average molecular weight is 245 g/mol. The number of hydrogen-bond acceptors (Lipinski definition) is 4. The highest BCUT2D eigenvalue weighted by atomic mass is 16.5. The second-order valence-corrected chi connectivity index (χ2v) is 3.78. The first kappa shape index (κ1) is 13.9. The van der Waals surface area contributed by atoms with Crippen molar-refractivity contribution >= 4 is 12.3 Å². The molecule has 0 atom stereocenters. The highest BCUT2D eigenvalue weighted by Crippen LogP contribution is 2.17. The van der Waals surface area contributed by atoms with E-state index in [4.69, 9.17) is 10.00 Å². The quantitative estimate of drug-likeness (QED) is 0.588. The zero-order valence-electron chi connectivity index (χ0n) is 10.5. The minimum Gasteiger partial charge on any atom is -0.466 e. The Morgan fingerprint density at radius 2 is 2.17 bits per heavy atom. The van der Waals surface area contributed by atoms with Gasteiger partial charge in [-0.25, -0.2) is 0 Å². The molecule has 0 aliphatic rings. The molecule has 4 nitrogen and oxygen atoms in total. The van der Waals surface area contributed by atoms with Crippen molar-refractivity contribution in [2.45, 2.75) is 26.7 Å². The van der Waals surface area contributed by atoms with Gasteiger partial charge in [0.2, 0.25) is 0 Å². The van der Waals surface area contributed by atoms with Gasteiger partial charge in [-0.05, 0) is 36.6 Å². The van der Waals surface area contributed by atoms with E-state index in [0.717, 1.165) is 5.56 Å². The van der Waals surface area contributed by atoms with Crippen LogP contribution in [0.4, 0.5) is 0 Å². The number of nitriles is 1. The summed E-state index contributed by atoms with van der Waals surface area (Å²) in [5.41, 5.74) is 2.27. The van der Waals surface area contributed by atoms with Crippen molar-refractivity contribution in [3.8, 4) is 6.07 Å². The van der Waals surface area contributed by atoms with Crippen LogP contribution in [0.5, 0.6) is 0 Å². The molecule has 1 aromatic rings. The first-order chi connectivity index (χ1) is 8.65. The summed E-state index contributed by atoms with van der Waals surface area (Å²) in [6.45, 7) is 3.93. The van der Waals surface area contributed by atoms with Gasteiger partial charge in [0, 0.05) is 5.56 Å². The van der Waals surface area contributed by atoms with Gasteiger partial charge in [-0.15, -0.1) is 0 Å². The molecule has 0 heterocycles. The molecule has 0 amide bonds. The predicted octanol–water partition coefficient (Wildman–Crippen LogP) is 2.04. The molecule has 0 bridgehead atoms. The minimum absolute atomic E-state index is 0.0767. The van der Waals surface area contributed by atoms with Crippen LogP contribution in [0.3, 0.4) is 0 Å². The van der Waals surface area contributed by atoms with Crippen molar-refractivity contribution < 1.29 is 14.3 Å². The first-order valence-electron chi connectivity index (χ1n) is 5.82. The number of nitrogens with zero attached hydrogens (tertiary/aromatic N) is 1. The standard InChI is InChI=1S/C14H15NO3/c1-3-13-11(8-15)5-10(6-12(13)9-16)7-14(17)18-4-2/h5-6,9H,3-4,7H2,1-2H3. The number of rotatable bonds is 5. The molecule has 0 radical (unpaired) electrons. The van der Waals surface area contributed by atoms with Gasteiger partial charge in [-0.1, -0.05) is 6.92 Å². The fourth-order valence-corrected chi connectivity index (χ4v) is 1.84. The Hall–Kier alpha value is -2.15. The van der Waals surface area contributed by atoms with Crippen LogP contribution in [0.15, 0.2) is 12.1 Å². The second kappa shape index (κ2) is 6.55. The number of hydrogen-bond donors (Lipinski definition) is 0. The Labute approximate surface area is 106 Å². The number of carbonyl (C=O) groups excluding carboxylic acids is 2. The monoisotopic (exact) mass is 245 g/mol. The number of carbonyl (C=O) groups is 2. The van der Waals surface area contributed by atoms with E-state index in [0.29, 0.717) is 36.0 Å². The second-order valence-electron chi connectivity index (χ2n) is 3.78. The van der Waals surface area contributed by atoms with E-state index in [2.05, 4.69) is 6.07 Å². The fourth-order valence-electron chi connectivity index (χ4n) is 1.84. The Morgan fingerprint density at radius 1 is 1.44 bits per heavy atom. The van der Waals surface area contributed by atoms with Crippen LogP contribution in [0.1, 0.15) is 40.9 Å². The van der Waals surface area contributed by atoms with E-state index in [1.165, 1.54) is 0 Å². The summed E-state index contributed by atoms with van der Waals surface area (Å²) < 4.78 is 4.84. The van der Waals surface area contributed by atoms with Gasteiger partial charge in [0.15, 0.2) is 0 Å². The summed E-state index contributed by atoms with van der Waals surface area (Å²) >= 11 is 0. The van der Waals surface area contributed by atoms with E-state index in [-0.39, 0.29) is 12.4 Å². The minimum atomic E-state index is -0.359. The normalized spacial score (nSPS) is 9.61. The number of aldehydes is 1. The van der Waals surface area contributed by atoms with E-state index >= 15 is 0 Å². The molecule has 0 fully saturated rings. The highest BCUT2D eigenvalue weighted by Gasteiger charge is 2.11. The lowest BCUT2D eigenvalue weighted by Gasteiger charge is -2.08. The number of ether oxygens (including phenoxy) is 1. The lowest BCUT2D eigenvalue weighted by molar-refractivity contribution is -0.142. The van der Waals surface area contributed by atoms with Gasteiger partial charge in [-0.2, -0.15) is 5.26 Å². The molecule has 18 heavy (non-hydrogen) atoms. The van der Waals surface area contributed by atoms with Crippen molar-refractivity contribution in [3.63, 3.8) is 0 Å². The predicted molar refractivity (Wildman–Crippen MR) is 66.3 cm³/mol. The van der Waals surface area contributed by atoms with Crippen LogP contribution >= 0.6 is 0 Å². The van der Waals surface area contributed by atoms with E-state index < -0.39 is 0 Å². The van der Waals surface area contributed by atoms with Gasteiger partial charge in [0.05, 0.1) is 24.7 Å². The van der Waals surface area contributed by atoms with Gasteiger partial charge in [0.1, 0.15) is 6.29 Å². The summed E-state index contributed by atoms with van der Waals surface area (Å²) in [7, 11) is 0. The first-order valence-corrected chi connectivity index (χ1v) is 5.82. The molecule has 1 rings (SSSR count). The maximum atomic E-state index is 11.4. The number of esters is 1. The molecule has 0 aromatic heterocycles. The molecular weight excluding hydrogens is 230 g/mol. The van der Waals surface area contributed by atoms with Crippen LogP contribution in [0.25, 0.3) is 0 Å². The summed E-state index contributed by atoms with van der Waals surface area (Å²) in [5, 5.41) is 9.05. The smallest absolute Gasteiger partial charge is 0.310 e. The van der Waals surface area contributed by atoms with Gasteiger partial charge in [-0.3, -0.25) is 9.59 Å². The van der Waals surface area contributed by atoms with E-state index in [9.17, 15) is 9.59 Å². The summed E-state index contributed by atoms with van der Waals surface area (Å²) in [4.78, 5) is 22.4. The zero-order chi connectivity index (χ0) is 13.5. The fraction of sp³-hybridized carbons (Fsp3) is 0.357. The third-order valence-electron chi connectivity index (χ3n) is 2.60. The zero-order valence-corrected chi connectivity index (χ0v) is 10.5. The summed E-state index contributed by atoms with van der Waals surface area (Å²) in [5.74, 6) is -0.359. The Kier molecular flexibility index (Phi) is 5.06. The molecule has 0 aliphatic heterocycles. The summed E-state index contributed by atoms with van der Waals surface area (Å²) in [6, 6.07) is 5.34. The molecule has 0 unspecified atom stereocenters. The lowest BCUT2D eigenvalue weighted by atomic mass is 9.96. The lowest BCUT2D eigenvalue weighted by Crippen LogP contribution is -2.09. The van der Waals surface area contributed by atoms with Gasteiger partial charge < -0.3 is 4.74 Å². The Morgan fingerprint density at radius 3 is 2.67 bits per heavy atom. The molecule has 0 saturated heterocycles. The van der Waals surface area contributed by atoms with Crippen LogP contribution < -0.4 is 0 Å². The molecule has 0 aliphatic carbocycles. The van der Waals surface area contributed by atoms with Crippen molar-refractivity contribution in [3.05, 3.63) is 34.4 Å². The summed E-state index contributed by atoms with van der Waals surface area (Å²) in [6.07, 6.45) is 1.40. The molecule has 4 heteroatoms. The molecular formula is C14H15NO3. The molecule has 0 N–H and O–H groups in total. The Bertz CT molecular complexity index is 500. The third kappa shape index (κ3) is 3.17. The van der Waals surface area contributed by atoms with E-state index in [1.54, 1.807) is 19.1 Å². The van der Waals surface area contributed by atoms with Crippen LogP contribution in [-0.4, -0.2) is 18.9 Å². The largest absolute Gasteiger partial charge is 0.466 e. The topological polar surface area (TPSA) is 67.2 Å². The van der Waals surface area contributed by atoms with Crippen molar-refractivity contribution in [1.29, 1.82) is 5.26 Å². The molecule has 0 saturated carbocycles.